The first kappa shape index (κ1) is 22.3. The molecule has 3 N–H and O–H groups in total. The summed E-state index contributed by atoms with van der Waals surface area (Å²) in [4.78, 5) is 24.1. The molecule has 4 rings (SSSR count). The van der Waals surface area contributed by atoms with Crippen molar-refractivity contribution >= 4 is 38.7 Å². The Hall–Kier alpha value is -2.88. The minimum Gasteiger partial charge on any atom is -0.504 e. The molecule has 0 aliphatic heterocycles. The molecule has 0 amide bonds. The third-order valence-electron chi connectivity index (χ3n) is 5.68. The highest BCUT2D eigenvalue weighted by atomic mass is 35.5. The van der Waals surface area contributed by atoms with Crippen molar-refractivity contribution in [1.29, 1.82) is 0 Å². The van der Waals surface area contributed by atoms with Crippen LogP contribution in [0.25, 0.3) is 0 Å². The molecule has 1 aliphatic carbocycles. The zero-order chi connectivity index (χ0) is 23.2. The summed E-state index contributed by atoms with van der Waals surface area (Å²) in [5.41, 5.74) is 0.902. The summed E-state index contributed by atoms with van der Waals surface area (Å²) in [7, 11) is -1.43. The quantitative estimate of drug-likeness (QED) is 0.370. The van der Waals surface area contributed by atoms with Crippen molar-refractivity contribution in [2.45, 2.75) is 30.2 Å². The lowest BCUT2D eigenvalue weighted by molar-refractivity contribution is 0.455. The van der Waals surface area contributed by atoms with Gasteiger partial charge in [-0.25, -0.2) is 12.7 Å². The molecular formula is C22H22ClN3O5S. The van der Waals surface area contributed by atoms with Crippen LogP contribution in [0.3, 0.4) is 0 Å². The van der Waals surface area contributed by atoms with Crippen molar-refractivity contribution in [3.05, 3.63) is 73.0 Å². The number of nitrogens with one attached hydrogen (secondary N) is 2. The second-order valence-electron chi connectivity index (χ2n) is 7.88. The van der Waals surface area contributed by atoms with Gasteiger partial charge < -0.3 is 15.7 Å². The number of sulfonamides is 1. The van der Waals surface area contributed by atoms with E-state index in [1.807, 2.05) is 24.3 Å². The summed E-state index contributed by atoms with van der Waals surface area (Å²) in [5, 5.41) is 16.4. The van der Waals surface area contributed by atoms with E-state index in [4.69, 9.17) is 11.6 Å². The van der Waals surface area contributed by atoms with Crippen LogP contribution in [0.1, 0.15) is 30.0 Å². The summed E-state index contributed by atoms with van der Waals surface area (Å²) < 4.78 is 26.0. The Kier molecular flexibility index (Phi) is 5.74. The molecule has 1 atom stereocenters. The van der Waals surface area contributed by atoms with E-state index in [1.165, 1.54) is 31.8 Å². The van der Waals surface area contributed by atoms with Gasteiger partial charge >= 0.3 is 0 Å². The fourth-order valence-electron chi connectivity index (χ4n) is 3.94. The average molecular weight is 476 g/mol. The van der Waals surface area contributed by atoms with Gasteiger partial charge in [0, 0.05) is 14.1 Å². The lowest BCUT2D eigenvalue weighted by Gasteiger charge is -2.28. The fraction of sp³-hybridized carbons (Fsp3) is 0.273. The number of hydrogen-bond acceptors (Lipinski definition) is 7. The highest BCUT2D eigenvalue weighted by Gasteiger charge is 2.30. The first-order chi connectivity index (χ1) is 15.1. The Labute approximate surface area is 190 Å². The maximum atomic E-state index is 12.6. The van der Waals surface area contributed by atoms with Crippen LogP contribution in [0.15, 0.2) is 50.9 Å². The number of halogens is 1. The number of rotatable bonds is 6. The summed E-state index contributed by atoms with van der Waals surface area (Å²) in [6, 6.07) is 10.5. The van der Waals surface area contributed by atoms with E-state index in [9.17, 15) is 23.1 Å². The van der Waals surface area contributed by atoms with E-state index >= 15 is 0 Å². The van der Waals surface area contributed by atoms with Gasteiger partial charge in [0.05, 0.1) is 16.8 Å². The van der Waals surface area contributed by atoms with Gasteiger partial charge in [-0.2, -0.15) is 0 Å². The van der Waals surface area contributed by atoms with Crippen LogP contribution in [0, 0.1) is 0 Å². The SMILES string of the molecule is CN(C)S(=O)(=O)c1c(Cl)ccc(Nc2c(N[C@@H]3CCCc4ccccc43)c(=O)c2=O)c1O. The van der Waals surface area contributed by atoms with Crippen molar-refractivity contribution in [1.82, 2.24) is 4.31 Å². The number of fused-ring (bicyclic) bond motifs is 1. The van der Waals surface area contributed by atoms with Gasteiger partial charge in [0.2, 0.25) is 10.0 Å². The van der Waals surface area contributed by atoms with Crippen molar-refractivity contribution in [3.8, 4) is 5.75 Å². The first-order valence-corrected chi connectivity index (χ1v) is 11.8. The van der Waals surface area contributed by atoms with Gasteiger partial charge in [-0.15, -0.1) is 0 Å². The van der Waals surface area contributed by atoms with Gasteiger partial charge in [0.25, 0.3) is 10.9 Å². The molecule has 0 heterocycles. The van der Waals surface area contributed by atoms with Gasteiger partial charge in [0.1, 0.15) is 16.3 Å². The smallest absolute Gasteiger partial charge is 0.253 e. The third-order valence-corrected chi connectivity index (χ3v) is 8.00. The van der Waals surface area contributed by atoms with E-state index < -0.39 is 31.5 Å². The van der Waals surface area contributed by atoms with Crippen LogP contribution in [0.2, 0.25) is 5.02 Å². The topological polar surface area (TPSA) is 116 Å². The van der Waals surface area contributed by atoms with Crippen LogP contribution in [-0.4, -0.2) is 31.9 Å². The van der Waals surface area contributed by atoms with Crippen LogP contribution in [-0.2, 0) is 16.4 Å². The number of phenolic OH excluding ortho intramolecular Hbond substituents is 1. The molecule has 0 saturated carbocycles. The standard InChI is InChI=1S/C22H22ClN3O5S/c1-26(2)32(30,31)22-14(23)10-11-16(19(22)27)25-18-17(20(28)21(18)29)24-15-9-5-7-12-6-3-4-8-13(12)15/h3-4,6,8,10-11,15,24-25,27H,5,7,9H2,1-2H3/t15-/m1/s1. The largest absolute Gasteiger partial charge is 0.504 e. The van der Waals surface area contributed by atoms with Crippen molar-refractivity contribution in [3.63, 3.8) is 0 Å². The molecule has 1 aliphatic rings. The zero-order valence-corrected chi connectivity index (χ0v) is 19.0. The minimum absolute atomic E-state index is 0.0242. The fourth-order valence-corrected chi connectivity index (χ4v) is 5.42. The van der Waals surface area contributed by atoms with Crippen LogP contribution >= 0.6 is 11.6 Å². The van der Waals surface area contributed by atoms with Crippen molar-refractivity contribution < 1.29 is 13.5 Å². The highest BCUT2D eigenvalue weighted by molar-refractivity contribution is 7.89. The molecule has 8 nitrogen and oxygen atoms in total. The Balaban J connectivity index is 1.68. The second kappa shape index (κ2) is 8.23. The molecule has 0 radical (unpaired) electrons. The van der Waals surface area contributed by atoms with E-state index in [0.29, 0.717) is 0 Å². The first-order valence-electron chi connectivity index (χ1n) is 10.0. The number of nitrogens with zero attached hydrogens (tertiary/aromatic N) is 1. The highest BCUT2D eigenvalue weighted by Crippen LogP contribution is 2.40. The molecule has 0 fully saturated rings. The van der Waals surface area contributed by atoms with Gasteiger partial charge in [-0.05, 0) is 42.5 Å². The Bertz CT molecular complexity index is 1380. The van der Waals surface area contributed by atoms with Crippen LogP contribution < -0.4 is 21.5 Å². The van der Waals surface area contributed by atoms with Crippen molar-refractivity contribution in [2.24, 2.45) is 0 Å². The molecule has 10 heteroatoms. The monoisotopic (exact) mass is 475 g/mol. The normalized spacial score (nSPS) is 16.2. The van der Waals surface area contributed by atoms with Crippen LogP contribution in [0.5, 0.6) is 5.75 Å². The van der Waals surface area contributed by atoms with E-state index in [0.717, 1.165) is 29.1 Å². The molecule has 0 aromatic heterocycles. The maximum absolute atomic E-state index is 12.6. The third kappa shape index (κ3) is 3.66. The lowest BCUT2D eigenvalue weighted by atomic mass is 9.87. The van der Waals surface area contributed by atoms with Gasteiger partial charge in [-0.3, -0.25) is 9.59 Å². The molecule has 0 unspecified atom stereocenters. The summed E-state index contributed by atoms with van der Waals surface area (Å²) in [6.45, 7) is 0. The molecule has 168 valence electrons. The Morgan fingerprint density at radius 2 is 1.75 bits per heavy atom. The average Bonchev–Trinajstić information content (AvgIpc) is 2.77. The summed E-state index contributed by atoms with van der Waals surface area (Å²) in [6.07, 6.45) is 2.69. The number of anilines is 3. The van der Waals surface area contributed by atoms with E-state index in [-0.39, 0.29) is 28.1 Å². The predicted molar refractivity (Wildman–Crippen MR) is 124 cm³/mol. The summed E-state index contributed by atoms with van der Waals surface area (Å²) in [5.74, 6) is -0.631. The number of benzene rings is 2. The number of aryl methyl sites for hydroxylation is 1. The van der Waals surface area contributed by atoms with Crippen LogP contribution in [0.4, 0.5) is 17.1 Å². The molecular weight excluding hydrogens is 454 g/mol. The van der Waals surface area contributed by atoms with Gasteiger partial charge in [0.15, 0.2) is 5.75 Å². The predicted octanol–water partition coefficient (Wildman–Crippen LogP) is 3.13. The molecule has 3 aromatic carbocycles. The van der Waals surface area contributed by atoms with Gasteiger partial charge in [-0.1, -0.05) is 35.9 Å². The zero-order valence-electron chi connectivity index (χ0n) is 17.5. The Morgan fingerprint density at radius 3 is 2.47 bits per heavy atom. The molecule has 32 heavy (non-hydrogen) atoms. The Morgan fingerprint density at radius 1 is 1.06 bits per heavy atom. The van der Waals surface area contributed by atoms with Crippen molar-refractivity contribution in [2.75, 3.05) is 24.7 Å². The van der Waals surface area contributed by atoms with E-state index in [2.05, 4.69) is 10.6 Å². The molecule has 0 spiro atoms. The second-order valence-corrected chi connectivity index (χ2v) is 10.4. The number of aromatic hydroxyl groups is 1. The number of hydrogen-bond donors (Lipinski definition) is 3. The summed E-state index contributed by atoms with van der Waals surface area (Å²) >= 11 is 6.03. The molecule has 0 saturated heterocycles. The van der Waals surface area contributed by atoms with E-state index in [1.54, 1.807) is 0 Å². The minimum atomic E-state index is -4.05. The maximum Gasteiger partial charge on any atom is 0.253 e. The number of phenols is 1. The molecule has 0 bridgehead atoms. The lowest BCUT2D eigenvalue weighted by Crippen LogP contribution is -2.38. The molecule has 3 aromatic rings.